The summed E-state index contributed by atoms with van der Waals surface area (Å²) in [6, 6.07) is 6.06. The van der Waals surface area contributed by atoms with Crippen LogP contribution in [-0.4, -0.2) is 33.4 Å². The molecule has 0 spiro atoms. The highest BCUT2D eigenvalue weighted by atomic mass is 16.2. The number of nitrogens with zero attached hydrogens (tertiary/aromatic N) is 2. The highest BCUT2D eigenvalue weighted by Crippen LogP contribution is 2.26. The predicted molar refractivity (Wildman–Crippen MR) is 75.0 cm³/mol. The Balaban J connectivity index is 1.90. The summed E-state index contributed by atoms with van der Waals surface area (Å²) in [5.74, 6) is 0.662. The van der Waals surface area contributed by atoms with Gasteiger partial charge in [-0.2, -0.15) is 0 Å². The van der Waals surface area contributed by atoms with Crippen LogP contribution in [0.3, 0.4) is 0 Å². The largest absolute Gasteiger partial charge is 0.345 e. The van der Waals surface area contributed by atoms with Gasteiger partial charge in [-0.1, -0.05) is 13.8 Å². The Morgan fingerprint density at radius 2 is 2.32 bits per heavy atom. The van der Waals surface area contributed by atoms with Crippen LogP contribution in [0.5, 0.6) is 0 Å². The van der Waals surface area contributed by atoms with Crippen molar-refractivity contribution in [3.8, 4) is 0 Å². The Morgan fingerprint density at radius 1 is 1.47 bits per heavy atom. The molecule has 4 heteroatoms. The number of hydrogen-bond acceptors (Lipinski definition) is 2. The van der Waals surface area contributed by atoms with Crippen LogP contribution in [-0.2, 0) is 0 Å². The number of H-pyrrole nitrogens is 1. The van der Waals surface area contributed by atoms with Gasteiger partial charge in [0.1, 0.15) is 0 Å². The summed E-state index contributed by atoms with van der Waals surface area (Å²) >= 11 is 0. The van der Waals surface area contributed by atoms with Gasteiger partial charge in [-0.05, 0) is 37.0 Å². The molecule has 3 rings (SSSR count). The fourth-order valence-corrected chi connectivity index (χ4v) is 2.97. The standard InChI is InChI=1S/C15H19N3O/c1-10(2)14-4-3-7-18(14)15(19)11-5-6-12-13(8-11)17-9-16-12/h5-6,8-10,14H,3-4,7H2,1-2H3,(H,16,17). The highest BCUT2D eigenvalue weighted by Gasteiger charge is 2.31. The molecule has 100 valence electrons. The van der Waals surface area contributed by atoms with E-state index < -0.39 is 0 Å². The van der Waals surface area contributed by atoms with Crippen molar-refractivity contribution in [2.75, 3.05) is 6.54 Å². The number of carbonyl (C=O) groups is 1. The van der Waals surface area contributed by atoms with E-state index in [0.29, 0.717) is 12.0 Å². The molecule has 19 heavy (non-hydrogen) atoms. The Hall–Kier alpha value is -1.84. The molecule has 1 saturated heterocycles. The van der Waals surface area contributed by atoms with Gasteiger partial charge in [0.15, 0.2) is 0 Å². The molecular formula is C15H19N3O. The van der Waals surface area contributed by atoms with E-state index in [9.17, 15) is 4.79 Å². The molecule has 1 unspecified atom stereocenters. The summed E-state index contributed by atoms with van der Waals surface area (Å²) < 4.78 is 0. The van der Waals surface area contributed by atoms with E-state index in [-0.39, 0.29) is 5.91 Å². The summed E-state index contributed by atoms with van der Waals surface area (Å²) in [5, 5.41) is 0. The van der Waals surface area contributed by atoms with Crippen molar-refractivity contribution in [2.24, 2.45) is 5.92 Å². The first-order valence-electron chi connectivity index (χ1n) is 6.91. The summed E-state index contributed by atoms with van der Waals surface area (Å²) in [7, 11) is 0. The first-order valence-corrected chi connectivity index (χ1v) is 6.91. The molecule has 1 atom stereocenters. The van der Waals surface area contributed by atoms with Crippen LogP contribution in [0.2, 0.25) is 0 Å². The molecule has 1 aromatic heterocycles. The van der Waals surface area contributed by atoms with Crippen LogP contribution >= 0.6 is 0 Å². The van der Waals surface area contributed by atoms with Crippen LogP contribution < -0.4 is 0 Å². The molecular weight excluding hydrogens is 238 g/mol. The third-order valence-electron chi connectivity index (χ3n) is 4.00. The lowest BCUT2D eigenvalue weighted by atomic mass is 10.0. The zero-order valence-electron chi connectivity index (χ0n) is 11.4. The Morgan fingerprint density at radius 3 is 3.11 bits per heavy atom. The number of amides is 1. The van der Waals surface area contributed by atoms with Crippen LogP contribution in [0.1, 0.15) is 37.0 Å². The van der Waals surface area contributed by atoms with Crippen LogP contribution in [0.4, 0.5) is 0 Å². The monoisotopic (exact) mass is 257 g/mol. The minimum Gasteiger partial charge on any atom is -0.345 e. The quantitative estimate of drug-likeness (QED) is 0.899. The smallest absolute Gasteiger partial charge is 0.254 e. The molecule has 0 bridgehead atoms. The van der Waals surface area contributed by atoms with Crippen LogP contribution in [0.15, 0.2) is 24.5 Å². The van der Waals surface area contributed by atoms with Crippen LogP contribution in [0, 0.1) is 5.92 Å². The first kappa shape index (κ1) is 12.2. The number of aromatic amines is 1. The zero-order chi connectivity index (χ0) is 13.4. The Kier molecular flexibility index (Phi) is 3.01. The van der Waals surface area contributed by atoms with E-state index in [1.807, 2.05) is 23.1 Å². The summed E-state index contributed by atoms with van der Waals surface area (Å²) in [6.07, 6.45) is 3.89. The lowest BCUT2D eigenvalue weighted by molar-refractivity contribution is 0.0701. The number of rotatable bonds is 2. The minimum atomic E-state index is 0.146. The number of imidazole rings is 1. The Labute approximate surface area is 112 Å². The van der Waals surface area contributed by atoms with Gasteiger partial charge < -0.3 is 9.88 Å². The van der Waals surface area contributed by atoms with Gasteiger partial charge in [0.05, 0.1) is 17.4 Å². The first-order chi connectivity index (χ1) is 9.16. The van der Waals surface area contributed by atoms with E-state index in [1.54, 1.807) is 6.33 Å². The van der Waals surface area contributed by atoms with Crippen molar-refractivity contribution in [3.63, 3.8) is 0 Å². The summed E-state index contributed by atoms with van der Waals surface area (Å²) in [5.41, 5.74) is 2.58. The van der Waals surface area contributed by atoms with Gasteiger partial charge in [0.2, 0.25) is 0 Å². The summed E-state index contributed by atoms with van der Waals surface area (Å²) in [4.78, 5) is 21.9. The molecule has 2 heterocycles. The second-order valence-corrected chi connectivity index (χ2v) is 5.59. The second kappa shape index (κ2) is 4.68. The third kappa shape index (κ3) is 2.11. The number of likely N-dealkylation sites (tertiary alicyclic amines) is 1. The minimum absolute atomic E-state index is 0.146. The molecule has 1 amide bonds. The normalized spacial score (nSPS) is 19.5. The molecule has 1 fully saturated rings. The SMILES string of the molecule is CC(C)C1CCCN1C(=O)c1ccc2nc[nH]c2c1. The van der Waals surface area contributed by atoms with Gasteiger partial charge in [-0.3, -0.25) is 4.79 Å². The average Bonchev–Trinajstić information content (AvgIpc) is 3.05. The topological polar surface area (TPSA) is 49.0 Å². The molecule has 1 aliphatic rings. The number of benzene rings is 1. The molecule has 0 saturated carbocycles. The lowest BCUT2D eigenvalue weighted by Crippen LogP contribution is -2.38. The molecule has 1 aliphatic heterocycles. The molecule has 1 aromatic carbocycles. The van der Waals surface area contributed by atoms with E-state index >= 15 is 0 Å². The van der Waals surface area contributed by atoms with E-state index in [4.69, 9.17) is 0 Å². The van der Waals surface area contributed by atoms with Crippen molar-refractivity contribution in [1.29, 1.82) is 0 Å². The predicted octanol–water partition coefficient (Wildman–Crippen LogP) is 2.82. The maximum absolute atomic E-state index is 12.6. The van der Waals surface area contributed by atoms with E-state index in [2.05, 4.69) is 23.8 Å². The van der Waals surface area contributed by atoms with Crippen molar-refractivity contribution < 1.29 is 4.79 Å². The maximum Gasteiger partial charge on any atom is 0.254 e. The molecule has 4 nitrogen and oxygen atoms in total. The maximum atomic E-state index is 12.6. The van der Waals surface area contributed by atoms with E-state index in [1.165, 1.54) is 0 Å². The number of aromatic nitrogens is 2. The molecule has 0 radical (unpaired) electrons. The number of nitrogens with one attached hydrogen (secondary N) is 1. The van der Waals surface area contributed by atoms with Crippen molar-refractivity contribution in [1.82, 2.24) is 14.9 Å². The molecule has 1 N–H and O–H groups in total. The third-order valence-corrected chi connectivity index (χ3v) is 4.00. The van der Waals surface area contributed by atoms with Gasteiger partial charge in [-0.25, -0.2) is 4.98 Å². The van der Waals surface area contributed by atoms with Crippen molar-refractivity contribution >= 4 is 16.9 Å². The van der Waals surface area contributed by atoms with Crippen molar-refractivity contribution in [2.45, 2.75) is 32.7 Å². The zero-order valence-corrected chi connectivity index (χ0v) is 11.4. The second-order valence-electron chi connectivity index (χ2n) is 5.59. The average molecular weight is 257 g/mol. The Bertz CT molecular complexity index is 602. The molecule has 2 aromatic rings. The van der Waals surface area contributed by atoms with Gasteiger partial charge in [-0.15, -0.1) is 0 Å². The fraction of sp³-hybridized carbons (Fsp3) is 0.467. The van der Waals surface area contributed by atoms with Gasteiger partial charge in [0, 0.05) is 18.2 Å². The number of carbonyl (C=O) groups excluding carboxylic acids is 1. The van der Waals surface area contributed by atoms with Crippen LogP contribution in [0.25, 0.3) is 11.0 Å². The highest BCUT2D eigenvalue weighted by molar-refractivity contribution is 5.97. The molecule has 0 aliphatic carbocycles. The number of fused-ring (bicyclic) bond motifs is 1. The fourth-order valence-electron chi connectivity index (χ4n) is 2.97. The van der Waals surface area contributed by atoms with Gasteiger partial charge >= 0.3 is 0 Å². The van der Waals surface area contributed by atoms with E-state index in [0.717, 1.165) is 36.0 Å². The lowest BCUT2D eigenvalue weighted by Gasteiger charge is -2.27. The van der Waals surface area contributed by atoms with Gasteiger partial charge in [0.25, 0.3) is 5.91 Å². The van der Waals surface area contributed by atoms with Crippen molar-refractivity contribution in [3.05, 3.63) is 30.1 Å². The number of hydrogen-bond donors (Lipinski definition) is 1. The summed E-state index contributed by atoms with van der Waals surface area (Å²) in [6.45, 7) is 5.26.